The van der Waals surface area contributed by atoms with Gasteiger partial charge in [-0.05, 0) is 12.1 Å². The van der Waals surface area contributed by atoms with Crippen molar-refractivity contribution in [3.63, 3.8) is 0 Å². The second kappa shape index (κ2) is 4.24. The first kappa shape index (κ1) is 13.0. The molecule has 0 saturated heterocycles. The molecule has 0 bridgehead atoms. The van der Waals surface area contributed by atoms with Gasteiger partial charge in [0.05, 0.1) is 5.56 Å². The van der Waals surface area contributed by atoms with Gasteiger partial charge in [0, 0.05) is 17.4 Å². The summed E-state index contributed by atoms with van der Waals surface area (Å²) in [6.07, 6.45) is -0.695. The average Bonchev–Trinajstić information content (AvgIpc) is 2.79. The second-order valence-electron chi connectivity index (χ2n) is 5.77. The number of aliphatic hydroxyl groups is 1. The van der Waals surface area contributed by atoms with Gasteiger partial charge in [-0.25, -0.2) is 4.39 Å². The van der Waals surface area contributed by atoms with Crippen molar-refractivity contribution in [1.29, 1.82) is 0 Å². The molecule has 1 atom stereocenters. The maximum atomic E-state index is 13.3. The fourth-order valence-electron chi connectivity index (χ4n) is 2.53. The van der Waals surface area contributed by atoms with Gasteiger partial charge in [-0.15, -0.1) is 0 Å². The molecule has 1 aromatic heterocycles. The largest absolute Gasteiger partial charge is 0.384 e. The molecule has 0 fully saturated rings. The lowest BCUT2D eigenvalue weighted by Crippen LogP contribution is -2.42. The van der Waals surface area contributed by atoms with Crippen molar-refractivity contribution >= 4 is 5.78 Å². The maximum Gasteiger partial charge on any atom is 0.197 e. The van der Waals surface area contributed by atoms with Crippen molar-refractivity contribution in [3.8, 4) is 11.3 Å². The average molecular weight is 275 g/mol. The molecule has 104 valence electrons. The highest BCUT2D eigenvalue weighted by atomic mass is 19.1. The number of hydrogen-bond donors (Lipinski definition) is 1. The monoisotopic (exact) mass is 275 g/mol. The molecule has 2 aromatic rings. The van der Waals surface area contributed by atoms with E-state index in [2.05, 4.69) is 5.16 Å². The maximum absolute atomic E-state index is 13.3. The van der Waals surface area contributed by atoms with Crippen LogP contribution in [0, 0.1) is 11.2 Å². The van der Waals surface area contributed by atoms with Crippen LogP contribution in [0.3, 0.4) is 0 Å². The van der Waals surface area contributed by atoms with Gasteiger partial charge in [-0.1, -0.05) is 31.1 Å². The predicted octanol–water partition coefficient (Wildman–Crippen LogP) is 2.61. The topological polar surface area (TPSA) is 63.3 Å². The van der Waals surface area contributed by atoms with Gasteiger partial charge in [-0.3, -0.25) is 4.79 Å². The Hall–Kier alpha value is -2.01. The third-order valence-electron chi connectivity index (χ3n) is 3.71. The van der Waals surface area contributed by atoms with Gasteiger partial charge < -0.3 is 9.63 Å². The van der Waals surface area contributed by atoms with Crippen LogP contribution >= 0.6 is 0 Å². The smallest absolute Gasteiger partial charge is 0.197 e. The number of benzene rings is 1. The van der Waals surface area contributed by atoms with Crippen LogP contribution in [-0.2, 0) is 6.42 Å². The third kappa shape index (κ3) is 1.86. The van der Waals surface area contributed by atoms with Gasteiger partial charge in [0.15, 0.2) is 5.78 Å². The van der Waals surface area contributed by atoms with Crippen LogP contribution in [0.15, 0.2) is 28.8 Å². The summed E-state index contributed by atoms with van der Waals surface area (Å²) in [6, 6.07) is 5.80. The van der Waals surface area contributed by atoms with E-state index in [1.54, 1.807) is 26.0 Å². The number of nitrogens with zero attached hydrogens (tertiary/aromatic N) is 1. The molecule has 1 aromatic carbocycles. The van der Waals surface area contributed by atoms with Gasteiger partial charge in [0.1, 0.15) is 23.4 Å². The molecule has 1 heterocycles. The summed E-state index contributed by atoms with van der Waals surface area (Å²) in [5.74, 6) is -0.385. The van der Waals surface area contributed by atoms with E-state index in [0.717, 1.165) is 0 Å². The van der Waals surface area contributed by atoms with Crippen LogP contribution in [0.2, 0.25) is 0 Å². The van der Waals surface area contributed by atoms with E-state index in [-0.39, 0.29) is 5.56 Å². The lowest BCUT2D eigenvalue weighted by atomic mass is 9.73. The molecule has 1 N–H and O–H groups in total. The molecule has 1 aliphatic rings. The molecule has 3 rings (SSSR count). The van der Waals surface area contributed by atoms with Crippen LogP contribution in [0.4, 0.5) is 4.39 Å². The highest BCUT2D eigenvalue weighted by Gasteiger charge is 2.44. The Morgan fingerprint density at radius 1 is 1.45 bits per heavy atom. The van der Waals surface area contributed by atoms with Crippen LogP contribution in [-0.4, -0.2) is 22.2 Å². The number of aliphatic hydroxyl groups excluding tert-OH is 1. The zero-order valence-electron chi connectivity index (χ0n) is 11.2. The van der Waals surface area contributed by atoms with Crippen molar-refractivity contribution < 1.29 is 18.8 Å². The quantitative estimate of drug-likeness (QED) is 0.869. The van der Waals surface area contributed by atoms with Crippen LogP contribution in [0.5, 0.6) is 0 Å². The Morgan fingerprint density at radius 2 is 2.20 bits per heavy atom. The molecule has 5 heteroatoms. The Morgan fingerprint density at radius 3 is 2.90 bits per heavy atom. The summed E-state index contributed by atoms with van der Waals surface area (Å²) in [6.45, 7) is 3.59. The number of carbonyl (C=O) groups is 1. The highest BCUT2D eigenvalue weighted by molar-refractivity contribution is 6.06. The molecular formula is C15H14FNO3. The number of ketones is 1. The fourth-order valence-corrected chi connectivity index (χ4v) is 2.53. The molecule has 20 heavy (non-hydrogen) atoms. The number of fused-ring (bicyclic) bond motifs is 1. The molecule has 4 nitrogen and oxygen atoms in total. The van der Waals surface area contributed by atoms with E-state index in [4.69, 9.17) is 4.52 Å². The van der Waals surface area contributed by atoms with Crippen molar-refractivity contribution in [1.82, 2.24) is 5.16 Å². The number of carbonyl (C=O) groups excluding carboxylic acids is 1. The van der Waals surface area contributed by atoms with E-state index < -0.39 is 23.1 Å². The normalized spacial score (nSPS) is 20.8. The number of halogens is 1. The summed E-state index contributed by atoms with van der Waals surface area (Å²) in [5, 5.41) is 14.0. The van der Waals surface area contributed by atoms with E-state index in [1.165, 1.54) is 12.1 Å². The van der Waals surface area contributed by atoms with Crippen LogP contribution < -0.4 is 0 Å². The Bertz CT molecular complexity index is 690. The zero-order chi connectivity index (χ0) is 14.5. The summed E-state index contributed by atoms with van der Waals surface area (Å²) in [5.41, 5.74) is 0.430. The van der Waals surface area contributed by atoms with Crippen molar-refractivity contribution in [3.05, 3.63) is 41.4 Å². The predicted molar refractivity (Wildman–Crippen MR) is 69.7 cm³/mol. The van der Waals surface area contributed by atoms with Crippen molar-refractivity contribution in [2.45, 2.75) is 26.4 Å². The fraction of sp³-hybridized carbons (Fsp3) is 0.333. The van der Waals surface area contributed by atoms with E-state index >= 15 is 0 Å². The Balaban J connectivity index is 2.15. The molecule has 0 spiro atoms. The van der Waals surface area contributed by atoms with Gasteiger partial charge >= 0.3 is 0 Å². The van der Waals surface area contributed by atoms with Gasteiger partial charge in [0.25, 0.3) is 0 Å². The Kier molecular flexibility index (Phi) is 2.76. The molecule has 0 saturated carbocycles. The summed E-state index contributed by atoms with van der Waals surface area (Å²) in [7, 11) is 0. The van der Waals surface area contributed by atoms with E-state index in [9.17, 15) is 14.3 Å². The Labute approximate surface area is 115 Å². The first-order valence-corrected chi connectivity index (χ1v) is 6.37. The standard InChI is InChI=1S/C15H14FNO3/c1-15(2)7-10-11(13(18)14(15)19)12(17-20-10)8-4-3-5-9(16)6-8/h3-6,14,19H,7H2,1-2H3. The van der Waals surface area contributed by atoms with Crippen LogP contribution in [0.1, 0.15) is 30.0 Å². The minimum absolute atomic E-state index is 0.266. The van der Waals surface area contributed by atoms with E-state index in [1.807, 2.05) is 0 Å². The van der Waals surface area contributed by atoms with Crippen molar-refractivity contribution in [2.75, 3.05) is 0 Å². The van der Waals surface area contributed by atoms with Crippen LogP contribution in [0.25, 0.3) is 11.3 Å². The van der Waals surface area contributed by atoms with Crippen molar-refractivity contribution in [2.24, 2.45) is 5.41 Å². The first-order valence-electron chi connectivity index (χ1n) is 6.37. The highest BCUT2D eigenvalue weighted by Crippen LogP contribution is 2.39. The lowest BCUT2D eigenvalue weighted by molar-refractivity contribution is 0.0308. The molecular weight excluding hydrogens is 261 g/mol. The zero-order valence-corrected chi connectivity index (χ0v) is 11.2. The molecule has 0 aliphatic heterocycles. The SMILES string of the molecule is CC1(C)Cc2onc(-c3cccc(F)c3)c2C(=O)C1O. The minimum atomic E-state index is -1.11. The van der Waals surface area contributed by atoms with Gasteiger partial charge in [0.2, 0.25) is 0 Å². The number of Topliss-reactive ketones (excluding diaryl/α,β-unsaturated/α-hetero) is 1. The van der Waals surface area contributed by atoms with Gasteiger partial charge in [-0.2, -0.15) is 0 Å². The summed E-state index contributed by atoms with van der Waals surface area (Å²) in [4.78, 5) is 12.3. The lowest BCUT2D eigenvalue weighted by Gasteiger charge is -2.32. The minimum Gasteiger partial charge on any atom is -0.384 e. The molecule has 0 radical (unpaired) electrons. The first-order chi connectivity index (χ1) is 9.40. The molecule has 1 unspecified atom stereocenters. The number of aromatic nitrogens is 1. The number of hydrogen-bond acceptors (Lipinski definition) is 4. The molecule has 1 aliphatic carbocycles. The second-order valence-corrected chi connectivity index (χ2v) is 5.77. The summed E-state index contributed by atoms with van der Waals surface area (Å²) < 4.78 is 18.5. The van der Waals surface area contributed by atoms with E-state index in [0.29, 0.717) is 23.4 Å². The molecule has 0 amide bonds. The summed E-state index contributed by atoms with van der Waals surface area (Å²) >= 11 is 0. The third-order valence-corrected chi connectivity index (χ3v) is 3.71. The number of rotatable bonds is 1.